The first-order chi connectivity index (χ1) is 8.15. The predicted molar refractivity (Wildman–Crippen MR) is 68.2 cm³/mol. The molecule has 2 aromatic rings. The Balaban J connectivity index is 1.90. The van der Waals surface area contributed by atoms with E-state index in [0.29, 0.717) is 0 Å². The van der Waals surface area contributed by atoms with E-state index in [-0.39, 0.29) is 5.54 Å². The highest BCUT2D eigenvalue weighted by molar-refractivity contribution is 5.45. The van der Waals surface area contributed by atoms with Gasteiger partial charge in [0.25, 0.3) is 0 Å². The van der Waals surface area contributed by atoms with Gasteiger partial charge in [-0.1, -0.05) is 18.9 Å². The molecule has 1 fully saturated rings. The van der Waals surface area contributed by atoms with Crippen molar-refractivity contribution in [3.63, 3.8) is 0 Å². The molecule has 0 aliphatic heterocycles. The highest BCUT2D eigenvalue weighted by Crippen LogP contribution is 2.31. The van der Waals surface area contributed by atoms with Crippen LogP contribution >= 0.6 is 0 Å². The Morgan fingerprint density at radius 2 is 2.06 bits per heavy atom. The summed E-state index contributed by atoms with van der Waals surface area (Å²) in [7, 11) is 0. The summed E-state index contributed by atoms with van der Waals surface area (Å²) >= 11 is 0. The van der Waals surface area contributed by atoms with E-state index in [1.54, 1.807) is 0 Å². The van der Waals surface area contributed by atoms with Gasteiger partial charge < -0.3 is 5.32 Å². The van der Waals surface area contributed by atoms with Crippen molar-refractivity contribution in [2.45, 2.75) is 45.1 Å². The summed E-state index contributed by atoms with van der Waals surface area (Å²) in [5, 5.41) is 7.96. The Morgan fingerprint density at radius 1 is 1.29 bits per heavy atom. The van der Waals surface area contributed by atoms with Crippen LogP contribution in [0.15, 0.2) is 18.3 Å². The maximum absolute atomic E-state index is 4.50. The number of nitrogens with one attached hydrogen (secondary N) is 1. The number of fused-ring (bicyclic) bond motifs is 1. The van der Waals surface area contributed by atoms with Crippen molar-refractivity contribution >= 4 is 11.6 Å². The molecule has 2 aromatic heterocycles. The SMILES string of the molecule is Cc1ccc2nc(NC3(C)CCCC3)nn2c1. The molecule has 3 rings (SSSR count). The van der Waals surface area contributed by atoms with E-state index in [2.05, 4.69) is 35.3 Å². The van der Waals surface area contributed by atoms with E-state index < -0.39 is 0 Å². The molecule has 0 bridgehead atoms. The number of aromatic nitrogens is 3. The van der Waals surface area contributed by atoms with Crippen LogP contribution in [0.25, 0.3) is 5.65 Å². The molecular weight excluding hydrogens is 212 g/mol. The number of pyridine rings is 1. The van der Waals surface area contributed by atoms with Crippen LogP contribution in [0.4, 0.5) is 5.95 Å². The second-order valence-electron chi connectivity index (χ2n) is 5.34. The van der Waals surface area contributed by atoms with Crippen molar-refractivity contribution in [1.29, 1.82) is 0 Å². The van der Waals surface area contributed by atoms with Gasteiger partial charge in [0.05, 0.1) is 0 Å². The maximum atomic E-state index is 4.50. The predicted octanol–water partition coefficient (Wildman–Crippen LogP) is 2.78. The summed E-state index contributed by atoms with van der Waals surface area (Å²) in [5.74, 6) is 0.750. The second-order valence-corrected chi connectivity index (χ2v) is 5.34. The van der Waals surface area contributed by atoms with Crippen LogP contribution in [0.3, 0.4) is 0 Å². The van der Waals surface area contributed by atoms with Crippen LogP contribution in [0, 0.1) is 6.92 Å². The molecule has 1 saturated carbocycles. The van der Waals surface area contributed by atoms with Gasteiger partial charge in [-0.3, -0.25) is 0 Å². The van der Waals surface area contributed by atoms with E-state index in [9.17, 15) is 0 Å². The summed E-state index contributed by atoms with van der Waals surface area (Å²) in [4.78, 5) is 4.50. The summed E-state index contributed by atoms with van der Waals surface area (Å²) in [5.41, 5.74) is 2.28. The van der Waals surface area contributed by atoms with Crippen LogP contribution in [0.1, 0.15) is 38.2 Å². The van der Waals surface area contributed by atoms with Gasteiger partial charge in [-0.25, -0.2) is 4.52 Å². The van der Waals surface area contributed by atoms with Crippen molar-refractivity contribution in [2.75, 3.05) is 5.32 Å². The normalized spacial score (nSPS) is 18.7. The van der Waals surface area contributed by atoms with Crippen LogP contribution in [-0.2, 0) is 0 Å². The Hall–Kier alpha value is -1.58. The number of rotatable bonds is 2. The molecule has 4 nitrogen and oxygen atoms in total. The summed E-state index contributed by atoms with van der Waals surface area (Å²) in [6, 6.07) is 4.07. The van der Waals surface area contributed by atoms with Gasteiger partial charge in [0.2, 0.25) is 5.95 Å². The molecular formula is C13H18N4. The fourth-order valence-electron chi connectivity index (χ4n) is 2.59. The average Bonchev–Trinajstić information content (AvgIpc) is 2.84. The first-order valence-corrected chi connectivity index (χ1v) is 6.26. The third-order valence-corrected chi connectivity index (χ3v) is 3.60. The molecule has 2 heterocycles. The first kappa shape index (κ1) is 10.6. The lowest BCUT2D eigenvalue weighted by Gasteiger charge is -2.23. The quantitative estimate of drug-likeness (QED) is 0.862. The monoisotopic (exact) mass is 230 g/mol. The minimum absolute atomic E-state index is 0.181. The van der Waals surface area contributed by atoms with Crippen molar-refractivity contribution in [2.24, 2.45) is 0 Å². The van der Waals surface area contributed by atoms with Crippen molar-refractivity contribution in [1.82, 2.24) is 14.6 Å². The Bertz CT molecular complexity index is 537. The number of anilines is 1. The standard InChI is InChI=1S/C13H18N4/c1-10-5-6-11-14-12(16-17(11)9-10)15-13(2)7-3-4-8-13/h5-6,9H,3-4,7-8H2,1-2H3,(H,15,16). The van der Waals surface area contributed by atoms with Crippen molar-refractivity contribution < 1.29 is 0 Å². The van der Waals surface area contributed by atoms with Crippen LogP contribution in [-0.4, -0.2) is 20.1 Å². The largest absolute Gasteiger partial charge is 0.348 e. The zero-order valence-electron chi connectivity index (χ0n) is 10.4. The topological polar surface area (TPSA) is 42.2 Å². The van der Waals surface area contributed by atoms with E-state index in [0.717, 1.165) is 11.6 Å². The Kier molecular flexibility index (Phi) is 2.31. The average molecular weight is 230 g/mol. The smallest absolute Gasteiger partial charge is 0.243 e. The molecule has 90 valence electrons. The van der Waals surface area contributed by atoms with Gasteiger partial charge in [-0.2, -0.15) is 4.98 Å². The van der Waals surface area contributed by atoms with Gasteiger partial charge in [0.1, 0.15) is 0 Å². The van der Waals surface area contributed by atoms with Gasteiger partial charge in [-0.05, 0) is 38.3 Å². The number of nitrogens with zero attached hydrogens (tertiary/aromatic N) is 3. The second kappa shape index (κ2) is 3.72. The van der Waals surface area contributed by atoms with Gasteiger partial charge in [-0.15, -0.1) is 5.10 Å². The summed E-state index contributed by atoms with van der Waals surface area (Å²) < 4.78 is 1.84. The molecule has 17 heavy (non-hydrogen) atoms. The third-order valence-electron chi connectivity index (χ3n) is 3.60. The lowest BCUT2D eigenvalue weighted by molar-refractivity contribution is 0.528. The van der Waals surface area contributed by atoms with Crippen LogP contribution in [0.5, 0.6) is 0 Å². The lowest BCUT2D eigenvalue weighted by Crippen LogP contribution is -2.31. The number of hydrogen-bond acceptors (Lipinski definition) is 3. The minimum Gasteiger partial charge on any atom is -0.348 e. The van der Waals surface area contributed by atoms with Crippen molar-refractivity contribution in [3.8, 4) is 0 Å². The fourth-order valence-corrected chi connectivity index (χ4v) is 2.59. The molecule has 0 unspecified atom stereocenters. The van der Waals surface area contributed by atoms with Crippen LogP contribution < -0.4 is 5.32 Å². The highest BCUT2D eigenvalue weighted by Gasteiger charge is 2.29. The Morgan fingerprint density at radius 3 is 2.82 bits per heavy atom. The zero-order valence-corrected chi connectivity index (χ0v) is 10.4. The maximum Gasteiger partial charge on any atom is 0.243 e. The van der Waals surface area contributed by atoms with E-state index >= 15 is 0 Å². The minimum atomic E-state index is 0.181. The first-order valence-electron chi connectivity index (χ1n) is 6.26. The summed E-state index contributed by atoms with van der Waals surface area (Å²) in [6.45, 7) is 4.32. The molecule has 0 aromatic carbocycles. The van der Waals surface area contributed by atoms with E-state index in [4.69, 9.17) is 0 Å². The van der Waals surface area contributed by atoms with E-state index in [1.165, 1.54) is 31.2 Å². The van der Waals surface area contributed by atoms with Crippen LogP contribution in [0.2, 0.25) is 0 Å². The van der Waals surface area contributed by atoms with Gasteiger partial charge >= 0.3 is 0 Å². The molecule has 0 spiro atoms. The van der Waals surface area contributed by atoms with Gasteiger partial charge in [0, 0.05) is 11.7 Å². The highest BCUT2D eigenvalue weighted by atomic mass is 15.4. The Labute approximate surface area is 101 Å². The number of aryl methyl sites for hydroxylation is 1. The molecule has 1 N–H and O–H groups in total. The van der Waals surface area contributed by atoms with Crippen molar-refractivity contribution in [3.05, 3.63) is 23.9 Å². The molecule has 0 saturated heterocycles. The molecule has 0 amide bonds. The third kappa shape index (κ3) is 1.99. The molecule has 1 aliphatic carbocycles. The number of hydrogen-bond donors (Lipinski definition) is 1. The lowest BCUT2D eigenvalue weighted by atomic mass is 10.0. The molecule has 0 radical (unpaired) electrons. The van der Waals surface area contributed by atoms with Gasteiger partial charge in [0.15, 0.2) is 5.65 Å². The molecule has 0 atom stereocenters. The molecule has 4 heteroatoms. The van der Waals surface area contributed by atoms with E-state index in [1.807, 2.05) is 16.8 Å². The molecule has 1 aliphatic rings. The summed E-state index contributed by atoms with van der Waals surface area (Å²) in [6.07, 6.45) is 7.03. The fraction of sp³-hybridized carbons (Fsp3) is 0.538. The zero-order chi connectivity index (χ0) is 11.9.